The Hall–Kier alpha value is -3.91. The number of dihydropyridines is 1. The molecule has 0 fully saturated rings. The van der Waals surface area contributed by atoms with Crippen LogP contribution >= 0.6 is 0 Å². The number of carbonyl (C=O) groups excluding carboxylic acids is 2. The van der Waals surface area contributed by atoms with Crippen LogP contribution in [0.2, 0.25) is 0 Å². The highest BCUT2D eigenvalue weighted by Crippen LogP contribution is 2.47. The first-order valence-corrected chi connectivity index (χ1v) is 12.7. The molecule has 0 aliphatic carbocycles. The number of aromatic amines is 1. The van der Waals surface area contributed by atoms with Crippen molar-refractivity contribution in [2.24, 2.45) is 0 Å². The summed E-state index contributed by atoms with van der Waals surface area (Å²) in [6, 6.07) is 10.9. The van der Waals surface area contributed by atoms with Gasteiger partial charge in [-0.05, 0) is 62.6 Å². The van der Waals surface area contributed by atoms with E-state index >= 15 is 4.39 Å². The minimum Gasteiger partial charge on any atom is -0.460 e. The number of nitrogens with one attached hydrogen (secondary N) is 2. The standard InChI is InChI=1S/C30H31FN2O5/c1-15(2)37-29(34)28-23(14-36-5)33-22-13-24(25-17(4)11-16(3)12-20(25)31)38-30(35)27(22)26(28)19-7-6-8-21-18(19)9-10-32-21/h6-12,15,24,26,32-33H,13-14H2,1-5H3. The van der Waals surface area contributed by atoms with Crippen molar-refractivity contribution in [3.05, 3.63) is 93.2 Å². The maximum absolute atomic E-state index is 15.1. The molecule has 1 aromatic heterocycles. The predicted octanol–water partition coefficient (Wildman–Crippen LogP) is 5.41. The lowest BCUT2D eigenvalue weighted by Gasteiger charge is -2.37. The van der Waals surface area contributed by atoms with Crippen LogP contribution in [0.25, 0.3) is 10.9 Å². The third-order valence-corrected chi connectivity index (χ3v) is 6.98. The number of hydrogen-bond acceptors (Lipinski definition) is 6. The SMILES string of the molecule is COCC1=C(C(=O)OC(C)C)C(c2cccc3[nH]ccc23)C2=C(CC(c3c(C)cc(C)cc3F)OC2=O)N1. The second-order valence-electron chi connectivity index (χ2n) is 10.1. The van der Waals surface area contributed by atoms with Gasteiger partial charge in [0.15, 0.2) is 0 Å². The fraction of sp³-hybridized carbons (Fsp3) is 0.333. The number of cyclic esters (lactones) is 1. The van der Waals surface area contributed by atoms with Gasteiger partial charge in [-0.15, -0.1) is 0 Å². The van der Waals surface area contributed by atoms with Crippen molar-refractivity contribution in [2.75, 3.05) is 13.7 Å². The minimum atomic E-state index is -0.814. The molecule has 198 valence electrons. The number of H-pyrrole nitrogens is 1. The van der Waals surface area contributed by atoms with Crippen molar-refractivity contribution in [1.29, 1.82) is 0 Å². The van der Waals surface area contributed by atoms with Crippen LogP contribution in [0.3, 0.4) is 0 Å². The summed E-state index contributed by atoms with van der Waals surface area (Å²) >= 11 is 0. The van der Waals surface area contributed by atoms with Gasteiger partial charge in [-0.1, -0.05) is 18.2 Å². The summed E-state index contributed by atoms with van der Waals surface area (Å²) in [5, 5.41) is 4.15. The summed E-state index contributed by atoms with van der Waals surface area (Å²) in [6.07, 6.45) is 0.856. The van der Waals surface area contributed by atoms with Gasteiger partial charge in [0.05, 0.1) is 35.5 Å². The summed E-state index contributed by atoms with van der Waals surface area (Å²) in [4.78, 5) is 30.5. The third kappa shape index (κ3) is 4.49. The molecule has 3 heterocycles. The molecule has 0 bridgehead atoms. The first kappa shape index (κ1) is 25.7. The lowest BCUT2D eigenvalue weighted by atomic mass is 9.77. The Morgan fingerprint density at radius 1 is 1.21 bits per heavy atom. The normalized spacial score (nSPS) is 19.5. The number of hydrogen-bond donors (Lipinski definition) is 2. The Balaban J connectivity index is 1.69. The average molecular weight is 519 g/mol. The highest BCUT2D eigenvalue weighted by atomic mass is 19.1. The van der Waals surface area contributed by atoms with Crippen LogP contribution in [0.4, 0.5) is 4.39 Å². The lowest BCUT2D eigenvalue weighted by Crippen LogP contribution is -2.39. The van der Waals surface area contributed by atoms with Crippen LogP contribution in [0, 0.1) is 19.7 Å². The molecule has 2 aromatic carbocycles. The average Bonchev–Trinajstić information content (AvgIpc) is 3.31. The first-order valence-electron chi connectivity index (χ1n) is 12.7. The molecule has 2 N–H and O–H groups in total. The Kier molecular flexibility index (Phi) is 6.84. The second kappa shape index (κ2) is 10.1. The fourth-order valence-electron chi connectivity index (χ4n) is 5.58. The van der Waals surface area contributed by atoms with Crippen molar-refractivity contribution < 1.29 is 28.2 Å². The molecule has 5 rings (SSSR count). The molecular weight excluding hydrogens is 487 g/mol. The Morgan fingerprint density at radius 2 is 2.00 bits per heavy atom. The van der Waals surface area contributed by atoms with E-state index in [1.54, 1.807) is 13.8 Å². The van der Waals surface area contributed by atoms with Crippen molar-refractivity contribution in [3.63, 3.8) is 0 Å². The fourth-order valence-corrected chi connectivity index (χ4v) is 5.58. The highest BCUT2D eigenvalue weighted by molar-refractivity contribution is 6.02. The summed E-state index contributed by atoms with van der Waals surface area (Å²) in [5.41, 5.74) is 5.17. The number of ether oxygens (including phenoxy) is 3. The number of aromatic nitrogens is 1. The number of methoxy groups -OCH3 is 1. The van der Waals surface area contributed by atoms with E-state index in [1.165, 1.54) is 13.2 Å². The van der Waals surface area contributed by atoms with Crippen LogP contribution in [-0.2, 0) is 23.8 Å². The van der Waals surface area contributed by atoms with Crippen LogP contribution in [0.15, 0.2) is 65.1 Å². The van der Waals surface area contributed by atoms with Crippen molar-refractivity contribution in [1.82, 2.24) is 10.3 Å². The van der Waals surface area contributed by atoms with Crippen LogP contribution in [0.5, 0.6) is 0 Å². The van der Waals surface area contributed by atoms with E-state index in [0.29, 0.717) is 33.7 Å². The molecule has 0 radical (unpaired) electrons. The van der Waals surface area contributed by atoms with Crippen molar-refractivity contribution >= 4 is 22.8 Å². The van der Waals surface area contributed by atoms with Gasteiger partial charge in [0, 0.05) is 41.9 Å². The monoisotopic (exact) mass is 518 g/mol. The quantitative estimate of drug-likeness (QED) is 0.425. The van der Waals surface area contributed by atoms with Crippen LogP contribution in [0.1, 0.15) is 54.5 Å². The van der Waals surface area contributed by atoms with E-state index in [1.807, 2.05) is 50.4 Å². The molecule has 0 saturated carbocycles. The molecule has 38 heavy (non-hydrogen) atoms. The highest BCUT2D eigenvalue weighted by Gasteiger charge is 2.44. The lowest BCUT2D eigenvalue weighted by molar-refractivity contribution is -0.147. The molecule has 0 amide bonds. The van der Waals surface area contributed by atoms with E-state index in [4.69, 9.17) is 14.2 Å². The smallest absolute Gasteiger partial charge is 0.337 e. The molecule has 2 aliphatic heterocycles. The Bertz CT molecular complexity index is 1480. The summed E-state index contributed by atoms with van der Waals surface area (Å²) < 4.78 is 32.1. The molecule has 2 unspecified atom stereocenters. The predicted molar refractivity (Wildman–Crippen MR) is 141 cm³/mol. The Morgan fingerprint density at radius 3 is 2.71 bits per heavy atom. The van der Waals surface area contributed by atoms with E-state index in [-0.39, 0.29) is 19.1 Å². The minimum absolute atomic E-state index is 0.0938. The van der Waals surface area contributed by atoms with Crippen LogP contribution < -0.4 is 5.32 Å². The molecule has 3 aromatic rings. The van der Waals surface area contributed by atoms with E-state index in [2.05, 4.69) is 10.3 Å². The van der Waals surface area contributed by atoms with Gasteiger partial charge in [0.2, 0.25) is 0 Å². The van der Waals surface area contributed by atoms with Gasteiger partial charge in [-0.3, -0.25) is 0 Å². The van der Waals surface area contributed by atoms with Gasteiger partial charge in [-0.25, -0.2) is 14.0 Å². The molecule has 0 saturated heterocycles. The molecule has 8 heteroatoms. The number of rotatable bonds is 6. The molecule has 7 nitrogen and oxygen atoms in total. The number of aryl methyl sites for hydroxylation is 2. The largest absolute Gasteiger partial charge is 0.460 e. The van der Waals surface area contributed by atoms with E-state index < -0.39 is 29.8 Å². The maximum Gasteiger partial charge on any atom is 0.337 e. The number of fused-ring (bicyclic) bond motifs is 1. The van der Waals surface area contributed by atoms with Gasteiger partial charge in [0.1, 0.15) is 11.9 Å². The topological polar surface area (TPSA) is 89.7 Å². The van der Waals surface area contributed by atoms with Gasteiger partial charge < -0.3 is 24.5 Å². The zero-order valence-electron chi connectivity index (χ0n) is 22.1. The summed E-state index contributed by atoms with van der Waals surface area (Å²) in [6.45, 7) is 7.27. The number of halogens is 1. The number of carbonyl (C=O) groups is 2. The van der Waals surface area contributed by atoms with Gasteiger partial charge in [0.25, 0.3) is 0 Å². The second-order valence-corrected chi connectivity index (χ2v) is 10.1. The van der Waals surface area contributed by atoms with E-state index in [0.717, 1.165) is 22.0 Å². The Labute approximate surface area is 220 Å². The number of esters is 2. The van der Waals surface area contributed by atoms with Crippen molar-refractivity contribution in [3.8, 4) is 0 Å². The number of benzene rings is 2. The molecule has 0 spiro atoms. The summed E-state index contributed by atoms with van der Waals surface area (Å²) in [5.74, 6) is -2.33. The van der Waals surface area contributed by atoms with E-state index in [9.17, 15) is 9.59 Å². The van der Waals surface area contributed by atoms with Gasteiger partial charge >= 0.3 is 11.9 Å². The zero-order chi connectivity index (χ0) is 27.1. The maximum atomic E-state index is 15.1. The molecule has 2 aliphatic rings. The van der Waals surface area contributed by atoms with Gasteiger partial charge in [-0.2, -0.15) is 0 Å². The molecular formula is C30H31FN2O5. The van der Waals surface area contributed by atoms with Crippen LogP contribution in [-0.4, -0.2) is 36.7 Å². The summed E-state index contributed by atoms with van der Waals surface area (Å²) in [7, 11) is 1.54. The first-order chi connectivity index (χ1) is 18.2. The third-order valence-electron chi connectivity index (χ3n) is 6.98. The zero-order valence-corrected chi connectivity index (χ0v) is 22.1. The van der Waals surface area contributed by atoms with Crippen molar-refractivity contribution in [2.45, 2.75) is 52.2 Å². The molecule has 2 atom stereocenters.